The molecule has 8 bridgehead atoms. The Morgan fingerprint density at radius 2 is 1.08 bits per heavy atom. The first-order valence-corrected chi connectivity index (χ1v) is 14.1. The number of aromatic amines is 2. The van der Waals surface area contributed by atoms with Crippen molar-refractivity contribution >= 4 is 66.2 Å². The van der Waals surface area contributed by atoms with Gasteiger partial charge in [-0.3, -0.25) is 0 Å². The number of fused-ring (bicyclic) bond motifs is 9. The van der Waals surface area contributed by atoms with Gasteiger partial charge in [0, 0.05) is 22.1 Å². The topological polar surface area (TPSA) is 94.7 Å². The molecule has 5 aromatic rings. The Balaban J connectivity index is 0.000000161. The van der Waals surface area contributed by atoms with Crippen LogP contribution in [0.5, 0.6) is 0 Å². The Kier molecular flexibility index (Phi) is 6.47. The molecule has 3 N–H and O–H groups in total. The molecule has 0 spiro atoms. The molecule has 179 valence electrons. The molecule has 5 heterocycles. The van der Waals surface area contributed by atoms with Crippen LogP contribution >= 0.6 is 0 Å². The fourth-order valence-electron chi connectivity index (χ4n) is 4.48. The third-order valence-electron chi connectivity index (χ3n) is 6.31. The van der Waals surface area contributed by atoms with Crippen molar-refractivity contribution in [1.82, 2.24) is 19.9 Å². The van der Waals surface area contributed by atoms with Crippen LogP contribution in [-0.4, -0.2) is 31.0 Å². The number of H-pyrrole nitrogens is 2. The standard InChI is InChI=1S/C20H14N4.C11H7O2.Cd/c1-2-14-10-16-5-6-18(23-16)12-20-8-7-19(24-20)11-17-4-3-15(22-17)9-13(1)21-14;12-11(13)10-6-5-8-3-1-2-4-9(8)7-10;/h1-12,21,24H;1-6H,(H,12,13);. The van der Waals surface area contributed by atoms with Crippen LogP contribution in [0.25, 0.3) is 57.1 Å². The van der Waals surface area contributed by atoms with Gasteiger partial charge in [-0.2, -0.15) is 0 Å². The summed E-state index contributed by atoms with van der Waals surface area (Å²) in [6.07, 6.45) is 8.09. The Labute approximate surface area is 234 Å². The summed E-state index contributed by atoms with van der Waals surface area (Å²) in [7, 11) is 0. The first-order chi connectivity index (χ1) is 18.5. The molecule has 7 heteroatoms. The molecule has 7 rings (SSSR count). The monoisotopic (exact) mass is 595 g/mol. The van der Waals surface area contributed by atoms with Gasteiger partial charge in [0.1, 0.15) is 0 Å². The van der Waals surface area contributed by atoms with Crippen molar-refractivity contribution in [2.75, 3.05) is 0 Å². The van der Waals surface area contributed by atoms with E-state index in [1.165, 1.54) is 0 Å². The second-order valence-corrected chi connectivity index (χ2v) is 11.0. The number of hydrogen-bond donors (Lipinski definition) is 3. The number of nitrogens with zero attached hydrogens (tertiary/aromatic N) is 2. The molecule has 0 saturated heterocycles. The van der Waals surface area contributed by atoms with E-state index in [0.717, 1.165) is 58.7 Å². The first-order valence-electron chi connectivity index (χ1n) is 12.1. The molecule has 2 aliphatic heterocycles. The summed E-state index contributed by atoms with van der Waals surface area (Å²) >= 11 is 0.513. The van der Waals surface area contributed by atoms with Gasteiger partial charge >= 0.3 is 97.5 Å². The van der Waals surface area contributed by atoms with E-state index in [-0.39, 0.29) is 0 Å². The summed E-state index contributed by atoms with van der Waals surface area (Å²) in [4.78, 5) is 26.9. The van der Waals surface area contributed by atoms with Gasteiger partial charge in [0.2, 0.25) is 0 Å². The Morgan fingerprint density at radius 1 is 0.632 bits per heavy atom. The van der Waals surface area contributed by atoms with Gasteiger partial charge in [-0.05, 0) is 72.8 Å². The number of hydrogen-bond acceptors (Lipinski definition) is 3. The van der Waals surface area contributed by atoms with Gasteiger partial charge < -0.3 is 9.97 Å². The fourth-order valence-corrected chi connectivity index (χ4v) is 6.17. The SMILES string of the molecule is C1=Cc2cc3ccc(cc4nc(cc5ccc(cc1n2)[nH]5)C=C4)[nH]3.O=C(O)c1ccc2ccccc2[c]1[Cd]. The van der Waals surface area contributed by atoms with Gasteiger partial charge in [-0.25, -0.2) is 9.97 Å². The van der Waals surface area contributed by atoms with Crippen molar-refractivity contribution in [2.45, 2.75) is 0 Å². The van der Waals surface area contributed by atoms with Crippen LogP contribution in [0.15, 0.2) is 84.9 Å². The third kappa shape index (κ3) is 5.21. The molecule has 0 saturated carbocycles. The molecule has 0 amide bonds. The van der Waals surface area contributed by atoms with Crippen LogP contribution in [0, 0.1) is 0 Å². The van der Waals surface area contributed by atoms with E-state index in [0.29, 0.717) is 31.3 Å². The molecule has 0 aliphatic carbocycles. The van der Waals surface area contributed by atoms with Gasteiger partial charge in [0.25, 0.3) is 0 Å². The number of benzene rings is 2. The number of aromatic nitrogens is 4. The first kappa shape index (κ1) is 24.1. The molecular formula is C31H21CdN4O2. The molecule has 2 aliphatic rings. The maximum absolute atomic E-state index is 10.9. The zero-order chi connectivity index (χ0) is 26.1. The van der Waals surface area contributed by atoms with E-state index in [1.807, 2.05) is 78.9 Å². The summed E-state index contributed by atoms with van der Waals surface area (Å²) in [5, 5.41) is 11.2. The number of carboxylic acids is 1. The van der Waals surface area contributed by atoms with Gasteiger partial charge in [0.15, 0.2) is 0 Å². The Bertz CT molecular complexity index is 1760. The molecule has 6 nitrogen and oxygen atoms in total. The molecule has 0 atom stereocenters. The molecule has 38 heavy (non-hydrogen) atoms. The summed E-state index contributed by atoms with van der Waals surface area (Å²) in [6.45, 7) is 0. The van der Waals surface area contributed by atoms with Crippen molar-refractivity contribution < 1.29 is 35.7 Å². The zero-order valence-electron chi connectivity index (χ0n) is 20.3. The second-order valence-electron chi connectivity index (χ2n) is 9.02. The van der Waals surface area contributed by atoms with Crippen LogP contribution in [-0.2, 0) is 25.8 Å². The molecule has 0 unspecified atom stereocenters. The molecular weight excluding hydrogens is 573 g/mol. The number of rotatable bonds is 1. The van der Waals surface area contributed by atoms with E-state index < -0.39 is 5.97 Å². The van der Waals surface area contributed by atoms with E-state index in [4.69, 9.17) is 5.11 Å². The second kappa shape index (κ2) is 10.2. The number of nitrogens with one attached hydrogen (secondary N) is 2. The van der Waals surface area contributed by atoms with E-state index in [2.05, 4.69) is 44.2 Å². The molecule has 3 aromatic heterocycles. The molecule has 0 radical (unpaired) electrons. The minimum atomic E-state index is -0.825. The summed E-state index contributed by atoms with van der Waals surface area (Å²) in [6, 6.07) is 27.8. The zero-order valence-corrected chi connectivity index (χ0v) is 24.4. The quantitative estimate of drug-likeness (QED) is 0.193. The predicted molar refractivity (Wildman–Crippen MR) is 149 cm³/mol. The maximum atomic E-state index is 10.9. The van der Waals surface area contributed by atoms with E-state index >= 15 is 0 Å². The van der Waals surface area contributed by atoms with E-state index in [9.17, 15) is 4.79 Å². The van der Waals surface area contributed by atoms with Crippen LogP contribution in [0.1, 0.15) is 33.1 Å². The normalized spacial score (nSPS) is 11.8. The van der Waals surface area contributed by atoms with Gasteiger partial charge in [0.05, 0.1) is 22.8 Å². The summed E-state index contributed by atoms with van der Waals surface area (Å²) in [5.74, 6) is -0.825. The number of aromatic carboxylic acids is 1. The molecule has 0 fully saturated rings. The summed E-state index contributed by atoms with van der Waals surface area (Å²) in [5.41, 5.74) is 8.31. The summed E-state index contributed by atoms with van der Waals surface area (Å²) < 4.78 is 0.999. The predicted octanol–water partition coefficient (Wildman–Crippen LogP) is 6.37. The third-order valence-corrected chi connectivity index (χ3v) is 8.49. The van der Waals surface area contributed by atoms with Crippen molar-refractivity contribution in [3.63, 3.8) is 0 Å². The Morgan fingerprint density at radius 3 is 1.53 bits per heavy atom. The fraction of sp³-hybridized carbons (Fsp3) is 0. The average Bonchev–Trinajstić information content (AvgIpc) is 3.71. The van der Waals surface area contributed by atoms with Crippen LogP contribution in [0.3, 0.4) is 0 Å². The van der Waals surface area contributed by atoms with Crippen LogP contribution in [0.4, 0.5) is 0 Å². The van der Waals surface area contributed by atoms with E-state index in [1.54, 1.807) is 6.07 Å². The average molecular weight is 594 g/mol. The van der Waals surface area contributed by atoms with Crippen LogP contribution < -0.4 is 3.12 Å². The number of carbonyl (C=O) groups is 1. The van der Waals surface area contributed by atoms with Crippen molar-refractivity contribution in [3.8, 4) is 0 Å². The molecule has 2 aromatic carbocycles. The minimum absolute atomic E-state index is 0.454. The van der Waals surface area contributed by atoms with Gasteiger partial charge in [-0.15, -0.1) is 0 Å². The Hall–Kier alpha value is -4.31. The van der Waals surface area contributed by atoms with Gasteiger partial charge in [-0.1, -0.05) is 0 Å². The van der Waals surface area contributed by atoms with Crippen molar-refractivity contribution in [2.24, 2.45) is 0 Å². The van der Waals surface area contributed by atoms with Crippen molar-refractivity contribution in [3.05, 3.63) is 113 Å². The van der Waals surface area contributed by atoms with Crippen LogP contribution in [0.2, 0.25) is 0 Å². The van der Waals surface area contributed by atoms with Crippen molar-refractivity contribution in [1.29, 1.82) is 0 Å². The number of carboxylic acid groups (broad SMARTS) is 1.